The number of nitrogens with zero attached hydrogens (tertiary/aromatic N) is 1. The lowest BCUT2D eigenvalue weighted by Gasteiger charge is -2.35. The molecule has 1 heterocycles. The third kappa shape index (κ3) is 3.09. The first kappa shape index (κ1) is 12.6. The average molecular weight is 300 g/mol. The van der Waals surface area contributed by atoms with Crippen molar-refractivity contribution in [3.05, 3.63) is 21.2 Å². The summed E-state index contributed by atoms with van der Waals surface area (Å²) in [5, 5.41) is 3.37. The summed E-state index contributed by atoms with van der Waals surface area (Å²) in [6.45, 7) is 4.59. The molecule has 1 aromatic rings. The molecule has 0 spiro atoms. The van der Waals surface area contributed by atoms with Crippen LogP contribution in [-0.4, -0.2) is 16.0 Å². The largest absolute Gasteiger partial charge is 0.366 e. The quantitative estimate of drug-likeness (QED) is 0.883. The molecule has 1 atom stereocenters. The highest BCUT2D eigenvalue weighted by Crippen LogP contribution is 2.36. The Bertz CT molecular complexity index is 455. The molecular formula is C12H18BrN3O. The van der Waals surface area contributed by atoms with Crippen molar-refractivity contribution >= 4 is 21.7 Å². The summed E-state index contributed by atoms with van der Waals surface area (Å²) in [5.74, 6) is 0.649. The molecule has 1 fully saturated rings. The van der Waals surface area contributed by atoms with Gasteiger partial charge in [0.05, 0.1) is 6.33 Å². The number of nitrogens with one attached hydrogen (secondary N) is 2. The van der Waals surface area contributed by atoms with Gasteiger partial charge in [0, 0.05) is 6.04 Å². The molecule has 2 rings (SSSR count). The Morgan fingerprint density at radius 1 is 1.59 bits per heavy atom. The van der Waals surface area contributed by atoms with Crippen LogP contribution in [-0.2, 0) is 0 Å². The zero-order valence-corrected chi connectivity index (χ0v) is 11.8. The summed E-state index contributed by atoms with van der Waals surface area (Å²) in [4.78, 5) is 18.1. The first-order chi connectivity index (χ1) is 7.98. The fraction of sp³-hybridized carbons (Fsp3) is 0.667. The second-order valence-corrected chi connectivity index (χ2v) is 6.29. The highest BCUT2D eigenvalue weighted by atomic mass is 79.9. The number of anilines is 1. The predicted octanol–water partition coefficient (Wildman–Crippen LogP) is 2.91. The topological polar surface area (TPSA) is 57.8 Å². The lowest BCUT2D eigenvalue weighted by atomic mass is 9.75. The molecule has 2 N–H and O–H groups in total. The van der Waals surface area contributed by atoms with Crippen LogP contribution in [0.5, 0.6) is 0 Å². The first-order valence-electron chi connectivity index (χ1n) is 5.98. The van der Waals surface area contributed by atoms with Crippen molar-refractivity contribution in [1.82, 2.24) is 9.97 Å². The molecule has 4 nitrogen and oxygen atoms in total. The molecule has 0 bridgehead atoms. The van der Waals surface area contributed by atoms with Gasteiger partial charge in [-0.25, -0.2) is 4.98 Å². The molecule has 1 saturated carbocycles. The maximum atomic E-state index is 11.4. The first-order valence-corrected chi connectivity index (χ1v) is 6.77. The van der Waals surface area contributed by atoms with Gasteiger partial charge >= 0.3 is 0 Å². The lowest BCUT2D eigenvalue weighted by molar-refractivity contribution is 0.229. The highest BCUT2D eigenvalue weighted by Gasteiger charge is 2.28. The van der Waals surface area contributed by atoms with Gasteiger partial charge in [-0.3, -0.25) is 4.79 Å². The van der Waals surface area contributed by atoms with Gasteiger partial charge in [-0.2, -0.15) is 0 Å². The zero-order chi connectivity index (χ0) is 12.5. The van der Waals surface area contributed by atoms with Crippen LogP contribution >= 0.6 is 15.9 Å². The standard InChI is InChI=1S/C12H18BrN3O/c1-12(2)5-3-4-8(6-12)16-10-9(13)11(17)15-7-14-10/h7-8H,3-6H2,1-2H3,(H2,14,15,16,17). The molecular weight excluding hydrogens is 282 g/mol. The average Bonchev–Trinajstić information content (AvgIpc) is 2.23. The maximum Gasteiger partial charge on any atom is 0.267 e. The fourth-order valence-corrected chi connectivity index (χ4v) is 2.83. The zero-order valence-electron chi connectivity index (χ0n) is 10.2. The van der Waals surface area contributed by atoms with Crippen LogP contribution in [0.1, 0.15) is 39.5 Å². The van der Waals surface area contributed by atoms with E-state index in [1.807, 2.05) is 0 Å². The molecule has 0 radical (unpaired) electrons. The van der Waals surface area contributed by atoms with Gasteiger partial charge in [0.2, 0.25) is 0 Å². The molecule has 0 amide bonds. The van der Waals surface area contributed by atoms with E-state index in [0.29, 0.717) is 21.7 Å². The molecule has 0 aliphatic heterocycles. The lowest BCUT2D eigenvalue weighted by Crippen LogP contribution is -2.32. The minimum absolute atomic E-state index is 0.141. The Kier molecular flexibility index (Phi) is 3.56. The monoisotopic (exact) mass is 299 g/mol. The number of aromatic nitrogens is 2. The van der Waals surface area contributed by atoms with Crippen LogP contribution in [0.15, 0.2) is 15.6 Å². The van der Waals surface area contributed by atoms with E-state index < -0.39 is 0 Å². The second kappa shape index (κ2) is 4.80. The fourth-order valence-electron chi connectivity index (χ4n) is 2.50. The number of H-pyrrole nitrogens is 1. The normalized spacial score (nSPS) is 23.4. The maximum absolute atomic E-state index is 11.4. The summed E-state index contributed by atoms with van der Waals surface area (Å²) in [5.41, 5.74) is 0.237. The van der Waals surface area contributed by atoms with Gasteiger partial charge in [-0.05, 0) is 40.6 Å². The number of halogens is 1. The molecule has 0 saturated heterocycles. The van der Waals surface area contributed by atoms with E-state index in [0.717, 1.165) is 12.8 Å². The van der Waals surface area contributed by atoms with Crippen LogP contribution in [0, 0.1) is 5.41 Å². The van der Waals surface area contributed by atoms with E-state index in [2.05, 4.69) is 45.1 Å². The summed E-state index contributed by atoms with van der Waals surface area (Å²) >= 11 is 3.27. The number of aromatic amines is 1. The van der Waals surface area contributed by atoms with Crippen molar-refractivity contribution in [2.75, 3.05) is 5.32 Å². The third-order valence-electron chi connectivity index (χ3n) is 3.34. The Morgan fingerprint density at radius 2 is 2.35 bits per heavy atom. The Labute approximate surface area is 109 Å². The number of hydrogen-bond donors (Lipinski definition) is 2. The van der Waals surface area contributed by atoms with Gasteiger partial charge in [0.1, 0.15) is 10.3 Å². The molecule has 1 aliphatic rings. The summed E-state index contributed by atoms with van der Waals surface area (Å²) in [7, 11) is 0. The minimum Gasteiger partial charge on any atom is -0.366 e. The van der Waals surface area contributed by atoms with Crippen molar-refractivity contribution in [1.29, 1.82) is 0 Å². The Morgan fingerprint density at radius 3 is 3.06 bits per heavy atom. The third-order valence-corrected chi connectivity index (χ3v) is 4.08. The molecule has 17 heavy (non-hydrogen) atoms. The van der Waals surface area contributed by atoms with Crippen LogP contribution in [0.3, 0.4) is 0 Å². The van der Waals surface area contributed by atoms with Gasteiger partial charge in [-0.15, -0.1) is 0 Å². The van der Waals surface area contributed by atoms with E-state index in [9.17, 15) is 4.79 Å². The van der Waals surface area contributed by atoms with Gasteiger partial charge in [-0.1, -0.05) is 20.3 Å². The van der Waals surface area contributed by atoms with Gasteiger partial charge in [0.25, 0.3) is 5.56 Å². The van der Waals surface area contributed by atoms with E-state index in [1.165, 1.54) is 19.2 Å². The highest BCUT2D eigenvalue weighted by molar-refractivity contribution is 9.10. The smallest absolute Gasteiger partial charge is 0.267 e. The van der Waals surface area contributed by atoms with E-state index in [1.54, 1.807) is 0 Å². The van der Waals surface area contributed by atoms with Crippen molar-refractivity contribution in [3.63, 3.8) is 0 Å². The summed E-state index contributed by atoms with van der Waals surface area (Å²) in [6.07, 6.45) is 6.20. The van der Waals surface area contributed by atoms with Crippen LogP contribution in [0.4, 0.5) is 5.82 Å². The minimum atomic E-state index is -0.141. The molecule has 1 aliphatic carbocycles. The molecule has 94 valence electrons. The van der Waals surface area contributed by atoms with Crippen LogP contribution in [0.25, 0.3) is 0 Å². The van der Waals surface area contributed by atoms with Crippen LogP contribution < -0.4 is 10.9 Å². The van der Waals surface area contributed by atoms with Crippen molar-refractivity contribution < 1.29 is 0 Å². The van der Waals surface area contributed by atoms with E-state index in [4.69, 9.17) is 0 Å². The van der Waals surface area contributed by atoms with E-state index >= 15 is 0 Å². The van der Waals surface area contributed by atoms with E-state index in [-0.39, 0.29) is 5.56 Å². The summed E-state index contributed by atoms with van der Waals surface area (Å²) < 4.78 is 0.489. The van der Waals surface area contributed by atoms with Crippen LogP contribution in [0.2, 0.25) is 0 Å². The number of hydrogen-bond acceptors (Lipinski definition) is 3. The van der Waals surface area contributed by atoms with Crippen molar-refractivity contribution in [2.24, 2.45) is 5.41 Å². The number of rotatable bonds is 2. The molecule has 1 unspecified atom stereocenters. The molecule has 0 aromatic carbocycles. The predicted molar refractivity (Wildman–Crippen MR) is 72.2 cm³/mol. The van der Waals surface area contributed by atoms with Crippen molar-refractivity contribution in [3.8, 4) is 0 Å². The molecule has 5 heteroatoms. The van der Waals surface area contributed by atoms with Crippen molar-refractivity contribution in [2.45, 2.75) is 45.6 Å². The van der Waals surface area contributed by atoms with Gasteiger partial charge in [0.15, 0.2) is 0 Å². The SMILES string of the molecule is CC1(C)CCCC(Nc2nc[nH]c(=O)c2Br)C1. The summed E-state index contributed by atoms with van der Waals surface area (Å²) in [6, 6.07) is 0.407. The Balaban J connectivity index is 2.11. The Hall–Kier alpha value is -0.840. The van der Waals surface area contributed by atoms with Gasteiger partial charge < -0.3 is 10.3 Å². The second-order valence-electron chi connectivity index (χ2n) is 5.50. The molecule has 1 aromatic heterocycles.